The number of piperidine rings is 1. The molecule has 3 aliphatic rings. The number of amides is 2. The molecule has 0 aromatic heterocycles. The lowest BCUT2D eigenvalue weighted by Crippen LogP contribution is -2.58. The lowest BCUT2D eigenvalue weighted by Gasteiger charge is -2.34. The molecule has 2 unspecified atom stereocenters. The zero-order valence-electron chi connectivity index (χ0n) is 11.9. The van der Waals surface area contributed by atoms with Crippen molar-refractivity contribution < 1.29 is 14.7 Å². The number of nitrogens with zero attached hydrogens (tertiary/aromatic N) is 1. The van der Waals surface area contributed by atoms with Crippen LogP contribution in [0.1, 0.15) is 57.8 Å². The SMILES string of the molecule is O=C(NC1(C(=O)O)CCCCCC1)N1CC2CCC1C2. The van der Waals surface area contributed by atoms with Gasteiger partial charge in [0.05, 0.1) is 0 Å². The van der Waals surface area contributed by atoms with E-state index in [1.807, 2.05) is 4.90 Å². The molecular weight excluding hydrogens is 256 g/mol. The number of likely N-dealkylation sites (tertiary alicyclic amines) is 1. The van der Waals surface area contributed by atoms with Gasteiger partial charge in [0.2, 0.25) is 0 Å². The summed E-state index contributed by atoms with van der Waals surface area (Å²) < 4.78 is 0. The largest absolute Gasteiger partial charge is 0.480 e. The summed E-state index contributed by atoms with van der Waals surface area (Å²) in [6.07, 6.45) is 8.45. The molecule has 2 atom stereocenters. The first-order valence-electron chi connectivity index (χ1n) is 7.93. The lowest BCUT2D eigenvalue weighted by molar-refractivity contribution is -0.145. The standard InChI is InChI=1S/C15H24N2O3/c18-13(19)15(7-3-1-2-4-8-15)16-14(20)17-10-11-5-6-12(17)9-11/h11-12H,1-10H2,(H,16,20)(H,18,19). The smallest absolute Gasteiger partial charge is 0.329 e. The molecule has 2 N–H and O–H groups in total. The second-order valence-corrected chi connectivity index (χ2v) is 6.72. The highest BCUT2D eigenvalue weighted by molar-refractivity contribution is 5.86. The zero-order valence-corrected chi connectivity index (χ0v) is 11.9. The van der Waals surface area contributed by atoms with Gasteiger partial charge in [0.25, 0.3) is 0 Å². The highest BCUT2D eigenvalue weighted by Crippen LogP contribution is 2.38. The summed E-state index contributed by atoms with van der Waals surface area (Å²) in [5.74, 6) is -0.224. The topological polar surface area (TPSA) is 69.6 Å². The van der Waals surface area contributed by atoms with Crippen LogP contribution >= 0.6 is 0 Å². The molecule has 3 rings (SSSR count). The van der Waals surface area contributed by atoms with Crippen LogP contribution in [0, 0.1) is 5.92 Å². The number of carbonyl (C=O) groups is 2. The van der Waals surface area contributed by atoms with Crippen molar-refractivity contribution >= 4 is 12.0 Å². The average molecular weight is 280 g/mol. The number of hydrogen-bond donors (Lipinski definition) is 2. The molecule has 3 fully saturated rings. The molecule has 0 spiro atoms. The van der Waals surface area contributed by atoms with Crippen molar-refractivity contribution in [2.24, 2.45) is 5.92 Å². The first-order valence-corrected chi connectivity index (χ1v) is 7.93. The number of fused-ring (bicyclic) bond motifs is 2. The average Bonchev–Trinajstić information content (AvgIpc) is 2.97. The minimum absolute atomic E-state index is 0.151. The van der Waals surface area contributed by atoms with Gasteiger partial charge in [-0.3, -0.25) is 0 Å². The molecule has 1 saturated heterocycles. The Morgan fingerprint density at radius 1 is 1.10 bits per heavy atom. The van der Waals surface area contributed by atoms with E-state index in [0.29, 0.717) is 24.8 Å². The van der Waals surface area contributed by atoms with Crippen LogP contribution in [0.4, 0.5) is 4.79 Å². The van der Waals surface area contributed by atoms with E-state index in [1.165, 1.54) is 6.42 Å². The van der Waals surface area contributed by atoms with Gasteiger partial charge < -0.3 is 15.3 Å². The summed E-state index contributed by atoms with van der Waals surface area (Å²) in [4.78, 5) is 26.1. The third-order valence-electron chi connectivity index (χ3n) is 5.38. The Bertz CT molecular complexity index is 402. The molecule has 5 heteroatoms. The summed E-state index contributed by atoms with van der Waals surface area (Å²) in [5.41, 5.74) is -1.03. The predicted molar refractivity (Wildman–Crippen MR) is 74.4 cm³/mol. The van der Waals surface area contributed by atoms with Crippen LogP contribution in [-0.2, 0) is 4.79 Å². The third-order valence-corrected chi connectivity index (χ3v) is 5.38. The fourth-order valence-electron chi connectivity index (χ4n) is 4.17. The van der Waals surface area contributed by atoms with Crippen LogP contribution < -0.4 is 5.32 Å². The maximum atomic E-state index is 12.5. The fourth-order valence-corrected chi connectivity index (χ4v) is 4.17. The Labute approximate surface area is 119 Å². The van der Waals surface area contributed by atoms with Crippen LogP contribution in [0.5, 0.6) is 0 Å². The first-order chi connectivity index (χ1) is 9.61. The number of carboxylic acid groups (broad SMARTS) is 1. The Hall–Kier alpha value is -1.26. The van der Waals surface area contributed by atoms with Gasteiger partial charge in [-0.1, -0.05) is 25.7 Å². The van der Waals surface area contributed by atoms with Gasteiger partial charge in [-0.2, -0.15) is 0 Å². The van der Waals surface area contributed by atoms with Gasteiger partial charge in [0, 0.05) is 12.6 Å². The van der Waals surface area contributed by atoms with Crippen molar-refractivity contribution in [2.75, 3.05) is 6.54 Å². The molecule has 0 aromatic rings. The van der Waals surface area contributed by atoms with Crippen LogP contribution in [0.3, 0.4) is 0 Å². The van der Waals surface area contributed by atoms with Crippen molar-refractivity contribution in [2.45, 2.75) is 69.4 Å². The summed E-state index contributed by atoms with van der Waals surface area (Å²) >= 11 is 0. The number of rotatable bonds is 2. The molecule has 5 nitrogen and oxygen atoms in total. The Morgan fingerprint density at radius 3 is 2.30 bits per heavy atom. The van der Waals surface area contributed by atoms with Gasteiger partial charge >= 0.3 is 12.0 Å². The van der Waals surface area contributed by atoms with E-state index in [-0.39, 0.29) is 6.03 Å². The summed E-state index contributed by atoms with van der Waals surface area (Å²) in [6.45, 7) is 0.812. The van der Waals surface area contributed by atoms with Crippen LogP contribution in [0.2, 0.25) is 0 Å². The molecule has 2 saturated carbocycles. The monoisotopic (exact) mass is 280 g/mol. The van der Waals surface area contributed by atoms with Crippen LogP contribution in [-0.4, -0.2) is 40.1 Å². The van der Waals surface area contributed by atoms with E-state index in [9.17, 15) is 14.7 Å². The van der Waals surface area contributed by atoms with Crippen LogP contribution in [0.25, 0.3) is 0 Å². The maximum Gasteiger partial charge on any atom is 0.329 e. The second-order valence-electron chi connectivity index (χ2n) is 6.72. The lowest BCUT2D eigenvalue weighted by atomic mass is 9.90. The predicted octanol–water partition coefficient (Wildman–Crippen LogP) is 2.36. The molecule has 0 aromatic carbocycles. The van der Waals surface area contributed by atoms with Gasteiger partial charge in [-0.05, 0) is 38.0 Å². The van der Waals surface area contributed by atoms with Crippen molar-refractivity contribution in [3.8, 4) is 0 Å². The molecule has 0 radical (unpaired) electrons. The maximum absolute atomic E-state index is 12.5. The highest BCUT2D eigenvalue weighted by Gasteiger charge is 2.45. The molecule has 112 valence electrons. The molecule has 1 aliphatic heterocycles. The van der Waals surface area contributed by atoms with Crippen molar-refractivity contribution in [1.29, 1.82) is 0 Å². The highest BCUT2D eigenvalue weighted by atomic mass is 16.4. The van der Waals surface area contributed by atoms with Gasteiger partial charge in [0.15, 0.2) is 0 Å². The van der Waals surface area contributed by atoms with Crippen LogP contribution in [0.15, 0.2) is 0 Å². The zero-order chi connectivity index (χ0) is 14.2. The van der Waals surface area contributed by atoms with E-state index in [1.54, 1.807) is 0 Å². The minimum atomic E-state index is -1.03. The van der Waals surface area contributed by atoms with Crippen molar-refractivity contribution in [3.63, 3.8) is 0 Å². The molecule has 2 bridgehead atoms. The molecule has 2 amide bonds. The Morgan fingerprint density at radius 2 is 1.80 bits per heavy atom. The number of hydrogen-bond acceptors (Lipinski definition) is 2. The summed E-state index contributed by atoms with van der Waals surface area (Å²) in [5, 5.41) is 12.5. The molecule has 2 aliphatic carbocycles. The molecule has 1 heterocycles. The molecule has 20 heavy (non-hydrogen) atoms. The second kappa shape index (κ2) is 5.26. The van der Waals surface area contributed by atoms with Gasteiger partial charge in [-0.15, -0.1) is 0 Å². The number of nitrogens with one attached hydrogen (secondary N) is 1. The number of urea groups is 1. The van der Waals surface area contributed by atoms with E-state index in [2.05, 4.69) is 5.32 Å². The van der Waals surface area contributed by atoms with Crippen molar-refractivity contribution in [1.82, 2.24) is 10.2 Å². The van der Waals surface area contributed by atoms with Gasteiger partial charge in [-0.25, -0.2) is 9.59 Å². The quantitative estimate of drug-likeness (QED) is 0.763. The van der Waals surface area contributed by atoms with E-state index < -0.39 is 11.5 Å². The molecular formula is C15H24N2O3. The van der Waals surface area contributed by atoms with E-state index >= 15 is 0 Å². The first kappa shape index (κ1) is 13.7. The number of carboxylic acids is 1. The third kappa shape index (κ3) is 2.38. The number of aliphatic carboxylic acids is 1. The van der Waals surface area contributed by atoms with Crippen molar-refractivity contribution in [3.05, 3.63) is 0 Å². The normalized spacial score (nSPS) is 31.9. The minimum Gasteiger partial charge on any atom is -0.480 e. The van der Waals surface area contributed by atoms with E-state index in [4.69, 9.17) is 0 Å². The fraction of sp³-hybridized carbons (Fsp3) is 0.867. The number of carbonyl (C=O) groups excluding carboxylic acids is 1. The summed E-state index contributed by atoms with van der Waals surface area (Å²) in [7, 11) is 0. The summed E-state index contributed by atoms with van der Waals surface area (Å²) in [6, 6.07) is 0.193. The Kier molecular flexibility index (Phi) is 3.61. The van der Waals surface area contributed by atoms with E-state index in [0.717, 1.165) is 45.1 Å². The van der Waals surface area contributed by atoms with Gasteiger partial charge in [0.1, 0.15) is 5.54 Å². The Balaban J connectivity index is 1.69.